The van der Waals surface area contributed by atoms with Crippen molar-refractivity contribution in [1.82, 2.24) is 4.90 Å². The third kappa shape index (κ3) is 2.96. The van der Waals surface area contributed by atoms with E-state index in [2.05, 4.69) is 0 Å². The van der Waals surface area contributed by atoms with Gasteiger partial charge in [0.2, 0.25) is 0 Å². The van der Waals surface area contributed by atoms with Crippen LogP contribution in [-0.2, 0) is 9.53 Å². The minimum atomic E-state index is -0.932. The van der Waals surface area contributed by atoms with Crippen molar-refractivity contribution >= 4 is 22.8 Å². The Kier molecular flexibility index (Phi) is 3.85. The number of carboxylic acids is 1. The summed E-state index contributed by atoms with van der Waals surface area (Å²) in [5.74, 6) is -0.886. The Morgan fingerprint density at radius 2 is 2.18 bits per heavy atom. The topological polar surface area (TPSA) is 80.0 Å². The van der Waals surface area contributed by atoms with Gasteiger partial charge in [0.05, 0.1) is 19.1 Å². The molecular weight excluding hydrogens is 286 g/mol. The highest BCUT2D eigenvalue weighted by Gasteiger charge is 2.28. The lowest BCUT2D eigenvalue weighted by molar-refractivity contribution is -0.141. The lowest BCUT2D eigenvalue weighted by Gasteiger charge is -2.31. The number of amides is 1. The van der Waals surface area contributed by atoms with Crippen LogP contribution in [0.3, 0.4) is 0 Å². The van der Waals surface area contributed by atoms with Crippen LogP contribution in [0, 0.1) is 6.92 Å². The molecule has 1 unspecified atom stereocenters. The van der Waals surface area contributed by atoms with Gasteiger partial charge in [-0.1, -0.05) is 11.6 Å². The molecule has 1 amide bonds. The Morgan fingerprint density at radius 3 is 2.95 bits per heavy atom. The number of benzene rings is 1. The van der Waals surface area contributed by atoms with Gasteiger partial charge >= 0.3 is 5.97 Å². The number of rotatable bonds is 3. The van der Waals surface area contributed by atoms with E-state index >= 15 is 0 Å². The van der Waals surface area contributed by atoms with E-state index in [9.17, 15) is 9.59 Å². The van der Waals surface area contributed by atoms with Gasteiger partial charge in [-0.15, -0.1) is 0 Å². The van der Waals surface area contributed by atoms with Crippen molar-refractivity contribution in [3.05, 3.63) is 35.6 Å². The lowest BCUT2D eigenvalue weighted by atomic mass is 10.1. The first kappa shape index (κ1) is 14.6. The number of aryl methyl sites for hydroxylation is 1. The van der Waals surface area contributed by atoms with Crippen molar-refractivity contribution in [3.8, 4) is 0 Å². The molecule has 1 aromatic carbocycles. The number of aliphatic carboxylic acids is 1. The first-order valence-electron chi connectivity index (χ1n) is 7.16. The molecule has 1 aliphatic heterocycles. The van der Waals surface area contributed by atoms with E-state index in [1.54, 1.807) is 11.0 Å². The van der Waals surface area contributed by atoms with Crippen molar-refractivity contribution in [2.75, 3.05) is 19.7 Å². The van der Waals surface area contributed by atoms with Gasteiger partial charge in [-0.25, -0.2) is 0 Å². The number of morpholine rings is 1. The number of carbonyl (C=O) groups is 2. The molecule has 2 aromatic rings. The molecule has 1 fully saturated rings. The summed E-state index contributed by atoms with van der Waals surface area (Å²) in [6, 6.07) is 7.46. The van der Waals surface area contributed by atoms with Crippen molar-refractivity contribution in [3.63, 3.8) is 0 Å². The van der Waals surface area contributed by atoms with Crippen LogP contribution in [0.15, 0.2) is 28.7 Å². The molecule has 6 heteroatoms. The number of carbonyl (C=O) groups excluding carboxylic acids is 1. The zero-order valence-corrected chi connectivity index (χ0v) is 12.2. The Hall–Kier alpha value is -2.34. The third-order valence-corrected chi connectivity index (χ3v) is 3.71. The minimum Gasteiger partial charge on any atom is -0.481 e. The van der Waals surface area contributed by atoms with Crippen molar-refractivity contribution in [2.24, 2.45) is 0 Å². The SMILES string of the molecule is Cc1ccc2oc(C(=O)N3CCOC(CC(=O)O)C3)cc2c1. The summed E-state index contributed by atoms with van der Waals surface area (Å²) < 4.78 is 11.0. The van der Waals surface area contributed by atoms with Crippen LogP contribution in [0.25, 0.3) is 11.0 Å². The van der Waals surface area contributed by atoms with Crippen molar-refractivity contribution < 1.29 is 23.8 Å². The van der Waals surface area contributed by atoms with Gasteiger partial charge in [0, 0.05) is 18.5 Å². The van der Waals surface area contributed by atoms with Gasteiger partial charge in [-0.05, 0) is 25.1 Å². The van der Waals surface area contributed by atoms with Gasteiger partial charge in [0.25, 0.3) is 5.91 Å². The maximum atomic E-state index is 12.5. The van der Waals surface area contributed by atoms with Gasteiger partial charge in [0.15, 0.2) is 5.76 Å². The van der Waals surface area contributed by atoms with Crippen LogP contribution >= 0.6 is 0 Å². The predicted molar refractivity (Wildman–Crippen MR) is 78.8 cm³/mol. The number of fused-ring (bicyclic) bond motifs is 1. The molecule has 116 valence electrons. The van der Waals surface area contributed by atoms with Crippen LogP contribution in [0.1, 0.15) is 22.5 Å². The second-order valence-corrected chi connectivity index (χ2v) is 5.49. The van der Waals surface area contributed by atoms with E-state index in [0.29, 0.717) is 18.7 Å². The molecular formula is C16H17NO5. The zero-order valence-electron chi connectivity index (χ0n) is 12.2. The monoisotopic (exact) mass is 303 g/mol. The third-order valence-electron chi connectivity index (χ3n) is 3.71. The van der Waals surface area contributed by atoms with E-state index in [-0.39, 0.29) is 24.6 Å². The van der Waals surface area contributed by atoms with Gasteiger partial charge in [-0.3, -0.25) is 9.59 Å². The Balaban J connectivity index is 1.78. The standard InChI is InChI=1S/C16H17NO5/c1-10-2-3-13-11(6-10)7-14(22-13)16(20)17-4-5-21-12(9-17)8-15(18)19/h2-3,6-7,12H,4-5,8-9H2,1H3,(H,18,19). The fourth-order valence-corrected chi connectivity index (χ4v) is 2.65. The maximum absolute atomic E-state index is 12.5. The molecule has 1 atom stereocenters. The first-order chi connectivity index (χ1) is 10.5. The van der Waals surface area contributed by atoms with E-state index in [1.165, 1.54) is 0 Å². The number of nitrogens with zero attached hydrogens (tertiary/aromatic N) is 1. The lowest BCUT2D eigenvalue weighted by Crippen LogP contribution is -2.46. The van der Waals surface area contributed by atoms with E-state index in [1.807, 2.05) is 25.1 Å². The molecule has 1 saturated heterocycles. The second kappa shape index (κ2) is 5.81. The zero-order chi connectivity index (χ0) is 15.7. The van der Waals surface area contributed by atoms with E-state index in [4.69, 9.17) is 14.3 Å². The van der Waals surface area contributed by atoms with Crippen LogP contribution in [0.5, 0.6) is 0 Å². The van der Waals surface area contributed by atoms with Crippen LogP contribution in [0.2, 0.25) is 0 Å². The molecule has 0 radical (unpaired) electrons. The number of carboxylic acid groups (broad SMARTS) is 1. The quantitative estimate of drug-likeness (QED) is 0.938. The van der Waals surface area contributed by atoms with E-state index < -0.39 is 12.1 Å². The Morgan fingerprint density at radius 1 is 1.36 bits per heavy atom. The summed E-state index contributed by atoms with van der Waals surface area (Å²) in [7, 11) is 0. The van der Waals surface area contributed by atoms with Crippen LogP contribution < -0.4 is 0 Å². The second-order valence-electron chi connectivity index (χ2n) is 5.49. The van der Waals surface area contributed by atoms with E-state index in [0.717, 1.165) is 10.9 Å². The summed E-state index contributed by atoms with van der Waals surface area (Å²) in [5.41, 5.74) is 1.77. The van der Waals surface area contributed by atoms with Gasteiger partial charge < -0.3 is 19.2 Å². The predicted octanol–water partition coefficient (Wildman–Crippen LogP) is 2.06. The number of hydrogen-bond donors (Lipinski definition) is 1. The molecule has 1 aromatic heterocycles. The Bertz CT molecular complexity index is 720. The smallest absolute Gasteiger partial charge is 0.306 e. The highest BCUT2D eigenvalue weighted by atomic mass is 16.5. The molecule has 0 aliphatic carbocycles. The minimum absolute atomic E-state index is 0.108. The molecule has 6 nitrogen and oxygen atoms in total. The number of ether oxygens (including phenoxy) is 1. The van der Waals surface area contributed by atoms with Crippen LogP contribution in [-0.4, -0.2) is 47.7 Å². The summed E-state index contributed by atoms with van der Waals surface area (Å²) in [6.07, 6.45) is -0.579. The molecule has 0 saturated carbocycles. The van der Waals surface area contributed by atoms with Gasteiger partial charge in [0.1, 0.15) is 5.58 Å². The highest BCUT2D eigenvalue weighted by Crippen LogP contribution is 2.22. The fourth-order valence-electron chi connectivity index (χ4n) is 2.65. The average molecular weight is 303 g/mol. The maximum Gasteiger partial charge on any atom is 0.306 e. The molecule has 1 aliphatic rings. The summed E-state index contributed by atoms with van der Waals surface area (Å²) in [4.78, 5) is 24.9. The largest absolute Gasteiger partial charge is 0.481 e. The summed E-state index contributed by atoms with van der Waals surface area (Å²) in [5, 5.41) is 9.71. The molecule has 22 heavy (non-hydrogen) atoms. The molecule has 0 spiro atoms. The molecule has 3 rings (SSSR count). The summed E-state index contributed by atoms with van der Waals surface area (Å²) in [6.45, 7) is 3.02. The van der Waals surface area contributed by atoms with Crippen LogP contribution in [0.4, 0.5) is 0 Å². The molecule has 0 bridgehead atoms. The number of furan rings is 1. The molecule has 2 heterocycles. The summed E-state index contributed by atoms with van der Waals surface area (Å²) >= 11 is 0. The first-order valence-corrected chi connectivity index (χ1v) is 7.16. The average Bonchev–Trinajstić information content (AvgIpc) is 2.89. The molecule has 1 N–H and O–H groups in total. The normalized spacial score (nSPS) is 18.6. The van der Waals surface area contributed by atoms with Gasteiger partial charge in [-0.2, -0.15) is 0 Å². The Labute approximate surface area is 127 Å². The van der Waals surface area contributed by atoms with Crippen molar-refractivity contribution in [2.45, 2.75) is 19.4 Å². The highest BCUT2D eigenvalue weighted by molar-refractivity contribution is 5.96. The van der Waals surface area contributed by atoms with Crippen molar-refractivity contribution in [1.29, 1.82) is 0 Å². The fraction of sp³-hybridized carbons (Fsp3) is 0.375. The number of hydrogen-bond acceptors (Lipinski definition) is 4.